The van der Waals surface area contributed by atoms with Crippen LogP contribution in [0.2, 0.25) is 0 Å². The van der Waals surface area contributed by atoms with Crippen LogP contribution in [0.1, 0.15) is 30.1 Å². The van der Waals surface area contributed by atoms with E-state index in [4.69, 9.17) is 4.74 Å². The summed E-state index contributed by atoms with van der Waals surface area (Å²) in [5.41, 5.74) is 1.79. The highest BCUT2D eigenvalue weighted by Crippen LogP contribution is 2.24. The monoisotopic (exact) mass is 339 g/mol. The minimum Gasteiger partial charge on any atom is -0.492 e. The first-order valence-electron chi connectivity index (χ1n) is 8.36. The quantitative estimate of drug-likeness (QED) is 0.752. The molecule has 0 atom stereocenters. The maximum atomic E-state index is 12.2. The lowest BCUT2D eigenvalue weighted by molar-refractivity contribution is 0.0951. The molecule has 2 aromatic carbocycles. The summed E-state index contributed by atoms with van der Waals surface area (Å²) in [7, 11) is 0. The van der Waals surface area contributed by atoms with Gasteiger partial charge in [-0.3, -0.25) is 4.79 Å². The standard InChI is InChI=1S/C19H21N3O3/c1-2-25-17-6-4-3-5-16(17)22-19(24)21-15-9-7-13(8-10-15)18(23)20-14-11-12-14/h3-10,14H,2,11-12H2,1H3,(H,20,23)(H2,21,22,24). The number of benzene rings is 2. The summed E-state index contributed by atoms with van der Waals surface area (Å²) in [6.07, 6.45) is 2.10. The Labute approximate surface area is 146 Å². The van der Waals surface area contributed by atoms with Gasteiger partial charge in [-0.15, -0.1) is 0 Å². The van der Waals surface area contributed by atoms with Crippen LogP contribution in [0.25, 0.3) is 0 Å². The summed E-state index contributed by atoms with van der Waals surface area (Å²) in [5.74, 6) is 0.538. The molecular formula is C19H21N3O3. The van der Waals surface area contributed by atoms with Crippen molar-refractivity contribution in [3.63, 3.8) is 0 Å². The van der Waals surface area contributed by atoms with Crippen LogP contribution < -0.4 is 20.7 Å². The van der Waals surface area contributed by atoms with Crippen molar-refractivity contribution in [1.82, 2.24) is 5.32 Å². The number of amides is 3. The van der Waals surface area contributed by atoms with Crippen LogP contribution in [0.5, 0.6) is 5.75 Å². The van der Waals surface area contributed by atoms with Crippen LogP contribution in [0.15, 0.2) is 48.5 Å². The minimum absolute atomic E-state index is 0.0795. The van der Waals surface area contributed by atoms with Gasteiger partial charge >= 0.3 is 6.03 Å². The molecule has 0 aromatic heterocycles. The predicted molar refractivity (Wildman–Crippen MR) is 97.2 cm³/mol. The van der Waals surface area contributed by atoms with Crippen LogP contribution in [-0.2, 0) is 0 Å². The third-order valence-electron chi connectivity index (χ3n) is 3.75. The number of ether oxygens (including phenoxy) is 1. The van der Waals surface area contributed by atoms with Gasteiger partial charge in [0, 0.05) is 17.3 Å². The van der Waals surface area contributed by atoms with E-state index in [9.17, 15) is 9.59 Å². The van der Waals surface area contributed by atoms with Crippen LogP contribution >= 0.6 is 0 Å². The third-order valence-corrected chi connectivity index (χ3v) is 3.75. The molecule has 25 heavy (non-hydrogen) atoms. The van der Waals surface area contributed by atoms with Crippen molar-refractivity contribution in [3.8, 4) is 5.75 Å². The van der Waals surface area contributed by atoms with Gasteiger partial charge in [0.1, 0.15) is 5.75 Å². The first-order chi connectivity index (χ1) is 12.2. The van der Waals surface area contributed by atoms with Gasteiger partial charge in [0.15, 0.2) is 0 Å². The van der Waals surface area contributed by atoms with Crippen LogP contribution in [0, 0.1) is 0 Å². The molecule has 1 saturated carbocycles. The Morgan fingerprint density at radius 1 is 1.04 bits per heavy atom. The Bertz CT molecular complexity index is 755. The first-order valence-corrected chi connectivity index (χ1v) is 8.36. The zero-order valence-corrected chi connectivity index (χ0v) is 14.0. The molecule has 0 bridgehead atoms. The Balaban J connectivity index is 1.58. The number of urea groups is 1. The van der Waals surface area contributed by atoms with Gasteiger partial charge in [0.05, 0.1) is 12.3 Å². The minimum atomic E-state index is -0.373. The van der Waals surface area contributed by atoms with Crippen LogP contribution in [0.3, 0.4) is 0 Å². The summed E-state index contributed by atoms with van der Waals surface area (Å²) in [5, 5.41) is 8.43. The molecule has 0 radical (unpaired) electrons. The third kappa shape index (κ3) is 4.73. The number of carbonyl (C=O) groups excluding carboxylic acids is 2. The fourth-order valence-electron chi connectivity index (χ4n) is 2.34. The lowest BCUT2D eigenvalue weighted by atomic mass is 10.2. The zero-order chi connectivity index (χ0) is 17.6. The van der Waals surface area contributed by atoms with Gasteiger partial charge < -0.3 is 20.7 Å². The smallest absolute Gasteiger partial charge is 0.323 e. The fourth-order valence-corrected chi connectivity index (χ4v) is 2.34. The number of nitrogens with one attached hydrogen (secondary N) is 3. The molecule has 0 saturated heterocycles. The van der Waals surface area contributed by atoms with E-state index in [0.29, 0.717) is 35.3 Å². The Kier molecular flexibility index (Phi) is 5.18. The predicted octanol–water partition coefficient (Wildman–Crippen LogP) is 3.62. The van der Waals surface area contributed by atoms with E-state index in [1.54, 1.807) is 36.4 Å². The van der Waals surface area contributed by atoms with Gasteiger partial charge in [-0.1, -0.05) is 12.1 Å². The number of anilines is 2. The molecule has 1 fully saturated rings. The van der Waals surface area contributed by atoms with E-state index in [2.05, 4.69) is 16.0 Å². The molecule has 6 nitrogen and oxygen atoms in total. The summed E-state index contributed by atoms with van der Waals surface area (Å²) >= 11 is 0. The van der Waals surface area contributed by atoms with Crippen molar-refractivity contribution < 1.29 is 14.3 Å². The normalized spacial score (nSPS) is 13.0. The molecule has 3 rings (SSSR count). The van der Waals surface area contributed by atoms with Crippen LogP contribution in [0.4, 0.5) is 16.2 Å². The topological polar surface area (TPSA) is 79.5 Å². The molecule has 1 aliphatic carbocycles. The van der Waals surface area contributed by atoms with E-state index >= 15 is 0 Å². The van der Waals surface area contributed by atoms with Crippen molar-refractivity contribution in [2.24, 2.45) is 0 Å². The number of hydrogen-bond acceptors (Lipinski definition) is 3. The van der Waals surface area contributed by atoms with Crippen molar-refractivity contribution >= 4 is 23.3 Å². The van der Waals surface area contributed by atoms with Gasteiger partial charge in [0.2, 0.25) is 0 Å². The largest absolute Gasteiger partial charge is 0.492 e. The van der Waals surface area contributed by atoms with E-state index in [1.165, 1.54) is 0 Å². The van der Waals surface area contributed by atoms with Crippen molar-refractivity contribution in [3.05, 3.63) is 54.1 Å². The summed E-state index contributed by atoms with van der Waals surface area (Å²) in [6.45, 7) is 2.41. The molecule has 0 aliphatic heterocycles. The lowest BCUT2D eigenvalue weighted by Crippen LogP contribution is -2.25. The molecule has 0 spiro atoms. The summed E-state index contributed by atoms with van der Waals surface area (Å²) in [6, 6.07) is 14.0. The summed E-state index contributed by atoms with van der Waals surface area (Å²) < 4.78 is 5.48. The van der Waals surface area contributed by atoms with Gasteiger partial charge in [0.25, 0.3) is 5.91 Å². The molecule has 0 heterocycles. The Morgan fingerprint density at radius 2 is 1.76 bits per heavy atom. The number of hydrogen-bond donors (Lipinski definition) is 3. The average Bonchev–Trinajstić information content (AvgIpc) is 3.41. The van der Waals surface area contributed by atoms with Gasteiger partial charge in [-0.2, -0.15) is 0 Å². The van der Waals surface area contributed by atoms with Gasteiger partial charge in [-0.05, 0) is 56.2 Å². The van der Waals surface area contributed by atoms with Crippen molar-refractivity contribution in [2.75, 3.05) is 17.2 Å². The second kappa shape index (κ2) is 7.70. The highest BCUT2D eigenvalue weighted by atomic mass is 16.5. The number of carbonyl (C=O) groups is 2. The summed E-state index contributed by atoms with van der Waals surface area (Å²) in [4.78, 5) is 24.1. The fraction of sp³-hybridized carbons (Fsp3) is 0.263. The van der Waals surface area contributed by atoms with Crippen molar-refractivity contribution in [1.29, 1.82) is 0 Å². The average molecular weight is 339 g/mol. The molecular weight excluding hydrogens is 318 g/mol. The molecule has 130 valence electrons. The van der Waals surface area contributed by atoms with E-state index in [-0.39, 0.29) is 11.9 Å². The van der Waals surface area contributed by atoms with Crippen molar-refractivity contribution in [2.45, 2.75) is 25.8 Å². The first kappa shape index (κ1) is 16.8. The molecule has 3 amide bonds. The SMILES string of the molecule is CCOc1ccccc1NC(=O)Nc1ccc(C(=O)NC2CC2)cc1. The number of para-hydroxylation sites is 2. The zero-order valence-electron chi connectivity index (χ0n) is 14.0. The molecule has 2 aromatic rings. The Morgan fingerprint density at radius 3 is 2.44 bits per heavy atom. The van der Waals surface area contributed by atoms with E-state index in [0.717, 1.165) is 12.8 Å². The van der Waals surface area contributed by atoms with Crippen LogP contribution in [-0.4, -0.2) is 24.6 Å². The van der Waals surface area contributed by atoms with E-state index < -0.39 is 0 Å². The van der Waals surface area contributed by atoms with E-state index in [1.807, 2.05) is 19.1 Å². The molecule has 6 heteroatoms. The lowest BCUT2D eigenvalue weighted by Gasteiger charge is -2.12. The highest BCUT2D eigenvalue weighted by molar-refractivity contribution is 6.01. The molecule has 1 aliphatic rings. The number of rotatable bonds is 6. The maximum absolute atomic E-state index is 12.2. The molecule has 3 N–H and O–H groups in total. The maximum Gasteiger partial charge on any atom is 0.323 e. The highest BCUT2D eigenvalue weighted by Gasteiger charge is 2.23. The van der Waals surface area contributed by atoms with Gasteiger partial charge in [-0.25, -0.2) is 4.79 Å². The Hall–Kier alpha value is -3.02. The second-order valence-corrected chi connectivity index (χ2v) is 5.83. The molecule has 0 unspecified atom stereocenters. The second-order valence-electron chi connectivity index (χ2n) is 5.83.